The van der Waals surface area contributed by atoms with E-state index in [9.17, 15) is 19.8 Å². The zero-order valence-corrected chi connectivity index (χ0v) is 32.7. The summed E-state index contributed by atoms with van der Waals surface area (Å²) in [6, 6.07) is 0. The van der Waals surface area contributed by atoms with E-state index in [0.29, 0.717) is 12.8 Å². The fraction of sp³-hybridized carbons (Fsp3) is 0.773. The van der Waals surface area contributed by atoms with Crippen molar-refractivity contribution < 1.29 is 29.3 Å². The van der Waals surface area contributed by atoms with E-state index in [4.69, 9.17) is 9.47 Å². The summed E-state index contributed by atoms with van der Waals surface area (Å²) >= 11 is 0. The molecule has 0 rings (SSSR count). The van der Waals surface area contributed by atoms with Crippen LogP contribution in [0.25, 0.3) is 0 Å². The second kappa shape index (κ2) is 38.1. The molecular formula is C44H78O6. The normalized spacial score (nSPS) is 13.9. The Hall–Kier alpha value is -2.18. The van der Waals surface area contributed by atoms with Crippen molar-refractivity contribution in [2.45, 2.75) is 200 Å². The van der Waals surface area contributed by atoms with Crippen LogP contribution in [0.2, 0.25) is 0 Å². The van der Waals surface area contributed by atoms with Gasteiger partial charge in [0.25, 0.3) is 0 Å². The molecule has 0 aromatic heterocycles. The van der Waals surface area contributed by atoms with Gasteiger partial charge in [-0.1, -0.05) is 172 Å². The number of esters is 2. The quantitative estimate of drug-likeness (QED) is 0.0383. The van der Waals surface area contributed by atoms with Crippen LogP contribution < -0.4 is 0 Å². The standard InChI is InChI=1S/C44H78O6/c1-4-33-41(46)35-30-26-22-18-14-10-8-12-16-20-24-28-32-37-44(48)50-42(38-45)39-49-43(47)36-31-27-23-19-15-11-7-6-9-13-17-21-25-29-34-40(3)5-2/h8,12,14,18,20,24,26,30,40-42,45-46H,4-7,9-11,13,15-17,19,21-23,25,27-29,31-39H2,1-3H3/b12-8-,18-14-,24-20-,30-26-/t40?,41?,42-/m0/s1. The molecule has 0 fully saturated rings. The van der Waals surface area contributed by atoms with E-state index >= 15 is 0 Å². The van der Waals surface area contributed by atoms with E-state index in [1.165, 1.54) is 83.5 Å². The first kappa shape index (κ1) is 47.8. The third-order valence-electron chi connectivity index (χ3n) is 9.22. The number of carbonyl (C=O) groups excluding carboxylic acids is 2. The molecule has 3 atom stereocenters. The molecule has 2 unspecified atom stereocenters. The van der Waals surface area contributed by atoms with Gasteiger partial charge in [-0.15, -0.1) is 0 Å². The molecule has 6 nitrogen and oxygen atoms in total. The molecule has 0 radical (unpaired) electrons. The zero-order chi connectivity index (χ0) is 36.8. The van der Waals surface area contributed by atoms with Crippen LogP contribution in [-0.2, 0) is 19.1 Å². The average molecular weight is 703 g/mol. The Labute approximate surface area is 308 Å². The first-order valence-electron chi connectivity index (χ1n) is 20.7. The van der Waals surface area contributed by atoms with Gasteiger partial charge < -0.3 is 19.7 Å². The highest BCUT2D eigenvalue weighted by atomic mass is 16.6. The number of aliphatic hydroxyl groups excluding tert-OH is 2. The van der Waals surface area contributed by atoms with Crippen molar-refractivity contribution in [2.24, 2.45) is 5.92 Å². The molecular weight excluding hydrogens is 624 g/mol. The number of aliphatic hydroxyl groups is 2. The van der Waals surface area contributed by atoms with Crippen molar-refractivity contribution in [3.63, 3.8) is 0 Å². The Morgan fingerprint density at radius 1 is 0.600 bits per heavy atom. The summed E-state index contributed by atoms with van der Waals surface area (Å²) in [5, 5.41) is 19.2. The van der Waals surface area contributed by atoms with E-state index in [2.05, 4.69) is 69.4 Å². The molecule has 0 heterocycles. The lowest BCUT2D eigenvalue weighted by Crippen LogP contribution is -2.28. The first-order valence-corrected chi connectivity index (χ1v) is 20.7. The predicted molar refractivity (Wildman–Crippen MR) is 211 cm³/mol. The maximum atomic E-state index is 12.2. The lowest BCUT2D eigenvalue weighted by molar-refractivity contribution is -0.161. The van der Waals surface area contributed by atoms with E-state index in [1.807, 2.05) is 0 Å². The van der Waals surface area contributed by atoms with Crippen LogP contribution in [0.3, 0.4) is 0 Å². The van der Waals surface area contributed by atoms with Crippen molar-refractivity contribution in [2.75, 3.05) is 13.2 Å². The van der Waals surface area contributed by atoms with Gasteiger partial charge in [0.2, 0.25) is 0 Å². The minimum absolute atomic E-state index is 0.0966. The van der Waals surface area contributed by atoms with Crippen molar-refractivity contribution in [1.82, 2.24) is 0 Å². The van der Waals surface area contributed by atoms with Gasteiger partial charge in [0.15, 0.2) is 6.10 Å². The molecule has 0 aliphatic heterocycles. The van der Waals surface area contributed by atoms with Gasteiger partial charge in [0.05, 0.1) is 12.7 Å². The van der Waals surface area contributed by atoms with Gasteiger partial charge in [0.1, 0.15) is 6.61 Å². The van der Waals surface area contributed by atoms with E-state index < -0.39 is 6.10 Å². The van der Waals surface area contributed by atoms with Gasteiger partial charge in [-0.05, 0) is 57.3 Å². The molecule has 0 amide bonds. The minimum atomic E-state index is -0.810. The number of rotatable bonds is 36. The number of unbranched alkanes of at least 4 members (excludes halogenated alkanes) is 14. The van der Waals surface area contributed by atoms with Crippen LogP contribution in [0.1, 0.15) is 188 Å². The zero-order valence-electron chi connectivity index (χ0n) is 32.7. The molecule has 0 aromatic carbocycles. The molecule has 0 aliphatic carbocycles. The Morgan fingerprint density at radius 3 is 1.60 bits per heavy atom. The second-order valence-electron chi connectivity index (χ2n) is 14.1. The topological polar surface area (TPSA) is 93.1 Å². The summed E-state index contributed by atoms with van der Waals surface area (Å²) in [5.74, 6) is 0.221. The van der Waals surface area contributed by atoms with E-state index in [0.717, 1.165) is 70.1 Å². The number of hydrogen-bond acceptors (Lipinski definition) is 6. The van der Waals surface area contributed by atoms with Crippen LogP contribution in [0.4, 0.5) is 0 Å². The maximum Gasteiger partial charge on any atom is 0.306 e. The van der Waals surface area contributed by atoms with Crippen molar-refractivity contribution in [1.29, 1.82) is 0 Å². The first-order chi connectivity index (χ1) is 24.4. The molecule has 0 aromatic rings. The Bertz CT molecular complexity index is 876. The largest absolute Gasteiger partial charge is 0.462 e. The highest BCUT2D eigenvalue weighted by molar-refractivity contribution is 5.70. The van der Waals surface area contributed by atoms with Crippen LogP contribution in [0.15, 0.2) is 48.6 Å². The summed E-state index contributed by atoms with van der Waals surface area (Å²) in [4.78, 5) is 24.3. The highest BCUT2D eigenvalue weighted by Crippen LogP contribution is 2.16. The summed E-state index contributed by atoms with van der Waals surface area (Å²) in [6.07, 6.45) is 43.8. The monoisotopic (exact) mass is 703 g/mol. The van der Waals surface area contributed by atoms with Crippen LogP contribution >= 0.6 is 0 Å². The van der Waals surface area contributed by atoms with E-state index in [1.54, 1.807) is 0 Å². The molecule has 6 heteroatoms. The summed E-state index contributed by atoms with van der Waals surface area (Å²) < 4.78 is 10.6. The van der Waals surface area contributed by atoms with E-state index in [-0.39, 0.29) is 37.7 Å². The minimum Gasteiger partial charge on any atom is -0.462 e. The van der Waals surface area contributed by atoms with Gasteiger partial charge in [-0.25, -0.2) is 0 Å². The summed E-state index contributed by atoms with van der Waals surface area (Å²) in [6.45, 7) is 6.28. The molecule has 290 valence electrons. The maximum absolute atomic E-state index is 12.2. The van der Waals surface area contributed by atoms with Crippen LogP contribution in [0, 0.1) is 5.92 Å². The average Bonchev–Trinajstić information content (AvgIpc) is 3.11. The third-order valence-corrected chi connectivity index (χ3v) is 9.22. The number of allylic oxidation sites excluding steroid dienone is 7. The molecule has 0 bridgehead atoms. The van der Waals surface area contributed by atoms with Crippen molar-refractivity contribution >= 4 is 11.9 Å². The van der Waals surface area contributed by atoms with Crippen molar-refractivity contribution in [3.05, 3.63) is 48.6 Å². The Balaban J connectivity index is 3.66. The second-order valence-corrected chi connectivity index (χ2v) is 14.1. The van der Waals surface area contributed by atoms with Gasteiger partial charge in [-0.3, -0.25) is 9.59 Å². The fourth-order valence-corrected chi connectivity index (χ4v) is 5.71. The lowest BCUT2D eigenvalue weighted by atomic mass is 9.99. The predicted octanol–water partition coefficient (Wildman–Crippen LogP) is 11.8. The van der Waals surface area contributed by atoms with Gasteiger partial charge in [0, 0.05) is 12.8 Å². The SMILES string of the molecule is CCCC(O)C/C=C\C/C=C\C/C=C\C/C=C\CCCC(=O)O[C@@H](CO)COC(=O)CCCCCCCCCCCCCCCCC(C)CC. The molecule has 50 heavy (non-hydrogen) atoms. The number of hydrogen-bond donors (Lipinski definition) is 2. The van der Waals surface area contributed by atoms with Crippen LogP contribution in [0.5, 0.6) is 0 Å². The molecule has 2 N–H and O–H groups in total. The highest BCUT2D eigenvalue weighted by Gasteiger charge is 2.16. The molecule has 0 saturated carbocycles. The molecule has 0 aliphatic rings. The van der Waals surface area contributed by atoms with Gasteiger partial charge >= 0.3 is 11.9 Å². The molecule has 0 saturated heterocycles. The lowest BCUT2D eigenvalue weighted by Gasteiger charge is -2.15. The number of carbonyl (C=O) groups is 2. The Morgan fingerprint density at radius 2 is 1.08 bits per heavy atom. The molecule has 0 spiro atoms. The van der Waals surface area contributed by atoms with Gasteiger partial charge in [-0.2, -0.15) is 0 Å². The number of ether oxygens (including phenoxy) is 2. The summed E-state index contributed by atoms with van der Waals surface area (Å²) in [7, 11) is 0. The van der Waals surface area contributed by atoms with Crippen molar-refractivity contribution in [3.8, 4) is 0 Å². The van der Waals surface area contributed by atoms with Crippen LogP contribution in [-0.4, -0.2) is 47.6 Å². The smallest absolute Gasteiger partial charge is 0.306 e. The summed E-state index contributed by atoms with van der Waals surface area (Å²) in [5.41, 5.74) is 0. The third kappa shape index (κ3) is 35.6. The fourth-order valence-electron chi connectivity index (χ4n) is 5.71. The Kier molecular flexibility index (Phi) is 36.4.